The van der Waals surface area contributed by atoms with Crippen molar-refractivity contribution in [2.24, 2.45) is 0 Å². The molecule has 3 aromatic rings. The summed E-state index contributed by atoms with van der Waals surface area (Å²) < 4.78 is 10.2. The standard InChI is InChI=1S/C31H39N5O5/c1-4-7-16-36(17-9-8-15-35(18-20-40-29(37)5-2)19-21-41-30(38)6-3)31(39)26-12-10-11-24(22-26)25-13-14-27-28(23-25)33-34-32-27/h5-6,10-14,22-23H,2-4,7-9,15-21H2,1H3,(H,32,33,34). The summed E-state index contributed by atoms with van der Waals surface area (Å²) in [5.74, 6) is -0.945. The summed E-state index contributed by atoms with van der Waals surface area (Å²) in [5.41, 5.74) is 4.13. The molecule has 0 aliphatic heterocycles. The molecule has 3 rings (SSSR count). The molecule has 10 nitrogen and oxygen atoms in total. The molecule has 1 amide bonds. The lowest BCUT2D eigenvalue weighted by molar-refractivity contribution is -0.138. The van der Waals surface area contributed by atoms with Crippen LogP contribution in [0, 0.1) is 0 Å². The molecule has 0 aliphatic rings. The first-order valence-electron chi connectivity index (χ1n) is 14.0. The number of nitrogens with one attached hydrogen (secondary N) is 1. The van der Waals surface area contributed by atoms with Crippen molar-refractivity contribution < 1.29 is 23.9 Å². The van der Waals surface area contributed by atoms with Crippen molar-refractivity contribution in [1.29, 1.82) is 0 Å². The van der Waals surface area contributed by atoms with E-state index >= 15 is 0 Å². The number of hydrogen-bond donors (Lipinski definition) is 1. The Labute approximate surface area is 241 Å². The minimum Gasteiger partial charge on any atom is -0.461 e. The van der Waals surface area contributed by atoms with Crippen LogP contribution < -0.4 is 0 Å². The number of hydrogen-bond acceptors (Lipinski definition) is 8. The zero-order valence-corrected chi connectivity index (χ0v) is 23.7. The Morgan fingerprint density at radius 1 is 0.805 bits per heavy atom. The smallest absolute Gasteiger partial charge is 0.330 e. The van der Waals surface area contributed by atoms with Crippen LogP contribution in [0.4, 0.5) is 0 Å². The highest BCUT2D eigenvalue weighted by molar-refractivity contribution is 5.95. The van der Waals surface area contributed by atoms with E-state index < -0.39 is 11.9 Å². The predicted molar refractivity (Wildman–Crippen MR) is 158 cm³/mol. The molecule has 0 radical (unpaired) electrons. The number of carbonyl (C=O) groups excluding carboxylic acids is 3. The van der Waals surface area contributed by atoms with Crippen LogP contribution in [-0.2, 0) is 19.1 Å². The first-order chi connectivity index (χ1) is 19.9. The van der Waals surface area contributed by atoms with Crippen molar-refractivity contribution in [2.75, 3.05) is 45.9 Å². The fourth-order valence-corrected chi connectivity index (χ4v) is 4.34. The number of rotatable bonds is 18. The molecule has 0 saturated heterocycles. The Bertz CT molecular complexity index is 1290. The highest BCUT2D eigenvalue weighted by Crippen LogP contribution is 2.24. The van der Waals surface area contributed by atoms with Gasteiger partial charge in [-0.25, -0.2) is 9.59 Å². The molecule has 0 unspecified atom stereocenters. The second kappa shape index (κ2) is 16.7. The van der Waals surface area contributed by atoms with Crippen molar-refractivity contribution in [3.8, 4) is 11.1 Å². The van der Waals surface area contributed by atoms with Crippen molar-refractivity contribution >= 4 is 28.9 Å². The quantitative estimate of drug-likeness (QED) is 0.138. The van der Waals surface area contributed by atoms with Gasteiger partial charge >= 0.3 is 11.9 Å². The monoisotopic (exact) mass is 561 g/mol. The van der Waals surface area contributed by atoms with Gasteiger partial charge in [-0.2, -0.15) is 15.4 Å². The van der Waals surface area contributed by atoms with E-state index in [1.807, 2.05) is 47.4 Å². The lowest BCUT2D eigenvalue weighted by Crippen LogP contribution is -2.35. The van der Waals surface area contributed by atoms with Crippen LogP contribution in [-0.4, -0.2) is 89.0 Å². The lowest BCUT2D eigenvalue weighted by Gasteiger charge is -2.25. The molecule has 0 fully saturated rings. The number of carbonyl (C=O) groups is 3. The van der Waals surface area contributed by atoms with Crippen LogP contribution in [0.3, 0.4) is 0 Å². The van der Waals surface area contributed by atoms with Crippen molar-refractivity contribution in [2.45, 2.75) is 32.6 Å². The maximum atomic E-state index is 13.6. The molecule has 41 heavy (non-hydrogen) atoms. The number of benzene rings is 2. The van der Waals surface area contributed by atoms with Crippen molar-refractivity contribution in [3.05, 3.63) is 73.3 Å². The minimum atomic E-state index is -0.476. The summed E-state index contributed by atoms with van der Waals surface area (Å²) in [6.07, 6.45) is 5.78. The van der Waals surface area contributed by atoms with Crippen LogP contribution in [0.1, 0.15) is 43.0 Å². The molecule has 218 valence electrons. The van der Waals surface area contributed by atoms with Gasteiger partial charge in [0.2, 0.25) is 0 Å². The van der Waals surface area contributed by atoms with E-state index in [4.69, 9.17) is 9.47 Å². The zero-order chi connectivity index (χ0) is 29.5. The lowest BCUT2D eigenvalue weighted by atomic mass is 10.0. The maximum absolute atomic E-state index is 13.6. The Morgan fingerprint density at radius 2 is 1.44 bits per heavy atom. The van der Waals surface area contributed by atoms with Gasteiger partial charge in [0.05, 0.1) is 0 Å². The van der Waals surface area contributed by atoms with E-state index in [-0.39, 0.29) is 19.1 Å². The molecule has 0 aliphatic carbocycles. The van der Waals surface area contributed by atoms with Gasteiger partial charge in [0.1, 0.15) is 24.2 Å². The van der Waals surface area contributed by atoms with Crippen LogP contribution in [0.15, 0.2) is 67.8 Å². The molecule has 10 heteroatoms. The molecule has 1 N–H and O–H groups in total. The van der Waals surface area contributed by atoms with Gasteiger partial charge in [0.25, 0.3) is 5.91 Å². The fraction of sp³-hybridized carbons (Fsp3) is 0.387. The zero-order valence-electron chi connectivity index (χ0n) is 23.7. The summed E-state index contributed by atoms with van der Waals surface area (Å²) in [6.45, 7) is 12.3. The van der Waals surface area contributed by atoms with Crippen LogP contribution in [0.5, 0.6) is 0 Å². The number of aromatic amines is 1. The van der Waals surface area contributed by atoms with Crippen LogP contribution >= 0.6 is 0 Å². The van der Waals surface area contributed by atoms with E-state index in [1.54, 1.807) is 0 Å². The van der Waals surface area contributed by atoms with Crippen molar-refractivity contribution in [1.82, 2.24) is 25.2 Å². The number of fused-ring (bicyclic) bond motifs is 1. The van der Waals surface area contributed by atoms with E-state index in [2.05, 4.69) is 40.4 Å². The second-order valence-electron chi connectivity index (χ2n) is 9.55. The molecular formula is C31H39N5O5. The average molecular weight is 562 g/mol. The predicted octanol–water partition coefficient (Wildman–Crippen LogP) is 4.41. The summed E-state index contributed by atoms with van der Waals surface area (Å²) in [5, 5.41) is 10.9. The van der Waals surface area contributed by atoms with Gasteiger partial charge in [-0.15, -0.1) is 0 Å². The SMILES string of the molecule is C=CC(=O)OCCN(CCCCN(CCCC)C(=O)c1cccc(-c2ccc3n[nH]nc3c2)c1)CCOC(=O)C=C. The molecule has 0 spiro atoms. The summed E-state index contributed by atoms with van der Waals surface area (Å²) in [7, 11) is 0. The number of ether oxygens (including phenoxy) is 2. The number of esters is 2. The molecular weight excluding hydrogens is 522 g/mol. The van der Waals surface area contributed by atoms with Gasteiger partial charge in [0, 0.05) is 43.9 Å². The Balaban J connectivity index is 1.59. The highest BCUT2D eigenvalue weighted by Gasteiger charge is 2.17. The van der Waals surface area contributed by atoms with E-state index in [0.717, 1.165) is 60.0 Å². The summed E-state index contributed by atoms with van der Waals surface area (Å²) >= 11 is 0. The van der Waals surface area contributed by atoms with Gasteiger partial charge in [-0.3, -0.25) is 9.69 Å². The molecule has 1 heterocycles. The molecule has 0 bridgehead atoms. The first-order valence-corrected chi connectivity index (χ1v) is 14.0. The molecule has 0 saturated carbocycles. The van der Waals surface area contributed by atoms with Crippen molar-refractivity contribution in [3.63, 3.8) is 0 Å². The Hall–Kier alpha value is -4.31. The number of nitrogens with zero attached hydrogens (tertiary/aromatic N) is 4. The topological polar surface area (TPSA) is 118 Å². The normalized spacial score (nSPS) is 10.9. The largest absolute Gasteiger partial charge is 0.461 e. The summed E-state index contributed by atoms with van der Waals surface area (Å²) in [6, 6.07) is 13.5. The summed E-state index contributed by atoms with van der Waals surface area (Å²) in [4.78, 5) is 40.4. The number of H-pyrrole nitrogens is 1. The third-order valence-electron chi connectivity index (χ3n) is 6.62. The van der Waals surface area contributed by atoms with E-state index in [0.29, 0.717) is 38.3 Å². The average Bonchev–Trinajstić information content (AvgIpc) is 3.48. The molecule has 1 aromatic heterocycles. The maximum Gasteiger partial charge on any atom is 0.330 e. The second-order valence-corrected chi connectivity index (χ2v) is 9.55. The van der Waals surface area contributed by atoms with E-state index in [9.17, 15) is 14.4 Å². The fourth-order valence-electron chi connectivity index (χ4n) is 4.34. The Kier molecular flexibility index (Phi) is 12.7. The Morgan fingerprint density at radius 3 is 2.12 bits per heavy atom. The minimum absolute atomic E-state index is 0.00680. The molecule has 0 atom stereocenters. The third-order valence-corrected chi connectivity index (χ3v) is 6.62. The van der Waals surface area contributed by atoms with Gasteiger partial charge in [-0.1, -0.05) is 44.7 Å². The van der Waals surface area contributed by atoms with Gasteiger partial charge in [-0.05, 0) is 61.2 Å². The third kappa shape index (κ3) is 9.99. The first kappa shape index (κ1) is 31.2. The van der Waals surface area contributed by atoms with Gasteiger partial charge < -0.3 is 14.4 Å². The number of amides is 1. The number of unbranched alkanes of at least 4 members (excludes halogenated alkanes) is 2. The van der Waals surface area contributed by atoms with Crippen LogP contribution in [0.25, 0.3) is 22.2 Å². The van der Waals surface area contributed by atoms with Crippen LogP contribution in [0.2, 0.25) is 0 Å². The van der Waals surface area contributed by atoms with Gasteiger partial charge in [0.15, 0.2) is 0 Å². The highest BCUT2D eigenvalue weighted by atomic mass is 16.5. The number of aromatic nitrogens is 3. The van der Waals surface area contributed by atoms with E-state index in [1.165, 1.54) is 0 Å². The molecule has 2 aromatic carbocycles.